The van der Waals surface area contributed by atoms with E-state index >= 15 is 0 Å². The van der Waals surface area contributed by atoms with E-state index in [2.05, 4.69) is 16.0 Å². The molecule has 5 aromatic rings. The summed E-state index contributed by atoms with van der Waals surface area (Å²) in [7, 11) is 0. The molecule has 3 amide bonds. The van der Waals surface area contributed by atoms with Crippen LogP contribution < -0.4 is 16.0 Å². The van der Waals surface area contributed by atoms with Crippen LogP contribution in [0.1, 0.15) is 32.3 Å². The fourth-order valence-electron chi connectivity index (χ4n) is 4.65. The predicted molar refractivity (Wildman–Crippen MR) is 185 cm³/mol. The van der Waals surface area contributed by atoms with Gasteiger partial charge in [-0.15, -0.1) is 11.8 Å². The van der Waals surface area contributed by atoms with Crippen LogP contribution in [-0.4, -0.2) is 22.6 Å². The molecule has 0 aliphatic carbocycles. The van der Waals surface area contributed by atoms with Crippen LogP contribution in [0.15, 0.2) is 138 Å². The molecule has 0 fully saturated rings. The number of nitrogens with zero attached hydrogens (tertiary/aromatic N) is 1. The van der Waals surface area contributed by atoms with Gasteiger partial charge in [0.2, 0.25) is 5.91 Å². The number of benzene rings is 5. The molecule has 0 saturated heterocycles. The molecule has 0 saturated carbocycles. The van der Waals surface area contributed by atoms with Crippen molar-refractivity contribution in [1.82, 2.24) is 5.32 Å². The second-order valence-corrected chi connectivity index (χ2v) is 11.7. The van der Waals surface area contributed by atoms with E-state index in [1.165, 1.54) is 60.3 Å². The van der Waals surface area contributed by atoms with E-state index < -0.39 is 27.8 Å². The Hall–Kier alpha value is -6.07. The van der Waals surface area contributed by atoms with Gasteiger partial charge >= 0.3 is 0 Å². The first-order valence-corrected chi connectivity index (χ1v) is 15.6. The van der Waals surface area contributed by atoms with Gasteiger partial charge in [0.05, 0.1) is 4.92 Å². The molecule has 0 spiro atoms. The zero-order valence-electron chi connectivity index (χ0n) is 25.6. The number of rotatable bonds is 11. The number of carbonyl (C=O) groups is 3. The van der Waals surface area contributed by atoms with Crippen LogP contribution in [-0.2, 0) is 9.59 Å². The van der Waals surface area contributed by atoms with E-state index in [0.29, 0.717) is 33.0 Å². The molecule has 1 unspecified atom stereocenters. The molecule has 1 atom stereocenters. The van der Waals surface area contributed by atoms with Crippen molar-refractivity contribution in [3.63, 3.8) is 0 Å². The molecule has 5 rings (SSSR count). The third-order valence-corrected chi connectivity index (χ3v) is 8.32. The van der Waals surface area contributed by atoms with Crippen molar-refractivity contribution in [1.29, 1.82) is 0 Å². The topological polar surface area (TPSA) is 130 Å². The van der Waals surface area contributed by atoms with Crippen LogP contribution >= 0.6 is 11.8 Å². The summed E-state index contributed by atoms with van der Waals surface area (Å²) >= 11 is 1.25. The fourth-order valence-corrected chi connectivity index (χ4v) is 5.73. The first-order chi connectivity index (χ1) is 23.2. The maximum atomic E-state index is 13.6. The lowest BCUT2D eigenvalue weighted by molar-refractivity contribution is -0.384. The SMILES string of the molecule is Cc1cc([N+](=O)[O-])ccc1NC(=O)C(Sc1cccc(NC(=O)/C(=C/c2ccc(F)cc2)NC(=O)c2ccccc2)c1)c1ccccc1. The highest BCUT2D eigenvalue weighted by Gasteiger charge is 2.24. The summed E-state index contributed by atoms with van der Waals surface area (Å²) in [6.45, 7) is 1.68. The minimum absolute atomic E-state index is 0.0616. The molecule has 240 valence electrons. The van der Waals surface area contributed by atoms with Crippen molar-refractivity contribution in [2.24, 2.45) is 0 Å². The van der Waals surface area contributed by atoms with E-state index in [1.54, 1.807) is 61.5 Å². The number of thioether (sulfide) groups is 1. The van der Waals surface area contributed by atoms with Gasteiger partial charge in [-0.05, 0) is 78.2 Å². The Kier molecular flexibility index (Phi) is 10.7. The van der Waals surface area contributed by atoms with Gasteiger partial charge in [0, 0.05) is 34.0 Å². The van der Waals surface area contributed by atoms with Gasteiger partial charge in [0.15, 0.2) is 0 Å². The summed E-state index contributed by atoms with van der Waals surface area (Å²) in [4.78, 5) is 51.5. The first kappa shape index (κ1) is 33.3. The summed E-state index contributed by atoms with van der Waals surface area (Å²) in [6.07, 6.45) is 1.45. The van der Waals surface area contributed by atoms with Crippen LogP contribution in [0.4, 0.5) is 21.5 Å². The second-order valence-electron chi connectivity index (χ2n) is 10.6. The lowest BCUT2D eigenvalue weighted by Crippen LogP contribution is -2.30. The van der Waals surface area contributed by atoms with Crippen molar-refractivity contribution < 1.29 is 23.7 Å². The maximum absolute atomic E-state index is 13.6. The maximum Gasteiger partial charge on any atom is 0.272 e. The number of nitro benzene ring substituents is 1. The highest BCUT2D eigenvalue weighted by molar-refractivity contribution is 8.00. The number of anilines is 2. The second kappa shape index (κ2) is 15.5. The summed E-state index contributed by atoms with van der Waals surface area (Å²) < 4.78 is 13.5. The minimum Gasteiger partial charge on any atom is -0.325 e. The Morgan fingerprint density at radius 2 is 1.50 bits per heavy atom. The number of carbonyl (C=O) groups excluding carboxylic acids is 3. The summed E-state index contributed by atoms with van der Waals surface area (Å²) in [5.41, 5.74) is 2.84. The molecular formula is C37H29FN4O5S. The van der Waals surface area contributed by atoms with Gasteiger partial charge in [-0.25, -0.2) is 4.39 Å². The van der Waals surface area contributed by atoms with Gasteiger partial charge in [0.1, 0.15) is 16.8 Å². The smallest absolute Gasteiger partial charge is 0.272 e. The molecule has 0 radical (unpaired) electrons. The Balaban J connectivity index is 1.37. The average Bonchev–Trinajstić information content (AvgIpc) is 3.09. The van der Waals surface area contributed by atoms with Crippen molar-refractivity contribution in [2.45, 2.75) is 17.1 Å². The predicted octanol–water partition coefficient (Wildman–Crippen LogP) is 7.92. The molecule has 0 aliphatic heterocycles. The molecule has 0 aromatic heterocycles. The standard InChI is InChI=1S/C37H29FN4O5S/c1-24-21-30(42(46)47)19-20-32(24)40-37(45)34(26-9-4-2-5-10-26)48-31-14-8-13-29(23-31)39-36(44)33(22-25-15-17-28(38)18-16-25)41-35(43)27-11-6-3-7-12-27/h2-23,34H,1H3,(H,39,44)(H,40,45)(H,41,43)/b33-22-. The van der Waals surface area contributed by atoms with Gasteiger partial charge in [0.25, 0.3) is 17.5 Å². The Labute approximate surface area is 280 Å². The average molecular weight is 661 g/mol. The van der Waals surface area contributed by atoms with E-state index in [0.717, 1.165) is 5.56 Å². The highest BCUT2D eigenvalue weighted by atomic mass is 32.2. The molecule has 5 aromatic carbocycles. The molecule has 0 heterocycles. The van der Waals surface area contributed by atoms with Crippen LogP contribution in [0.2, 0.25) is 0 Å². The lowest BCUT2D eigenvalue weighted by Gasteiger charge is -2.18. The molecule has 3 N–H and O–H groups in total. The molecule has 11 heteroatoms. The number of hydrogen-bond acceptors (Lipinski definition) is 6. The van der Waals surface area contributed by atoms with Gasteiger partial charge < -0.3 is 16.0 Å². The van der Waals surface area contributed by atoms with Crippen LogP contribution in [0.5, 0.6) is 0 Å². The Bertz CT molecular complexity index is 1990. The van der Waals surface area contributed by atoms with Gasteiger partial charge in [-0.1, -0.05) is 66.7 Å². The lowest BCUT2D eigenvalue weighted by atomic mass is 10.1. The summed E-state index contributed by atoms with van der Waals surface area (Å²) in [6, 6.07) is 34.2. The quantitative estimate of drug-likeness (QED) is 0.0571. The number of halogens is 1. The summed E-state index contributed by atoms with van der Waals surface area (Å²) in [5, 5.41) is 18.8. The largest absolute Gasteiger partial charge is 0.325 e. The zero-order valence-corrected chi connectivity index (χ0v) is 26.4. The number of aryl methyl sites for hydroxylation is 1. The fraction of sp³-hybridized carbons (Fsp3) is 0.0541. The van der Waals surface area contributed by atoms with E-state index in [1.807, 2.05) is 30.3 Å². The van der Waals surface area contributed by atoms with E-state index in [4.69, 9.17) is 0 Å². The number of nitro groups is 1. The number of amides is 3. The Morgan fingerprint density at radius 3 is 2.17 bits per heavy atom. The molecule has 48 heavy (non-hydrogen) atoms. The van der Waals surface area contributed by atoms with Crippen LogP contribution in [0.25, 0.3) is 6.08 Å². The highest BCUT2D eigenvalue weighted by Crippen LogP contribution is 2.37. The molecule has 9 nitrogen and oxygen atoms in total. The van der Waals surface area contributed by atoms with E-state index in [-0.39, 0.29) is 17.3 Å². The molecule has 0 aliphatic rings. The van der Waals surface area contributed by atoms with Crippen LogP contribution in [0.3, 0.4) is 0 Å². The molecule has 0 bridgehead atoms. The van der Waals surface area contributed by atoms with Crippen molar-refractivity contribution in [2.75, 3.05) is 10.6 Å². The monoisotopic (exact) mass is 660 g/mol. The third kappa shape index (κ3) is 8.80. The Morgan fingerprint density at radius 1 is 0.812 bits per heavy atom. The van der Waals surface area contributed by atoms with Crippen molar-refractivity contribution >= 4 is 52.6 Å². The van der Waals surface area contributed by atoms with Crippen LogP contribution in [0, 0.1) is 22.9 Å². The van der Waals surface area contributed by atoms with Crippen molar-refractivity contribution in [3.05, 3.63) is 171 Å². The first-order valence-electron chi connectivity index (χ1n) is 14.7. The number of non-ortho nitro benzene ring substituents is 1. The minimum atomic E-state index is -0.717. The number of hydrogen-bond donors (Lipinski definition) is 3. The molecular weight excluding hydrogens is 631 g/mol. The normalized spacial score (nSPS) is 11.7. The van der Waals surface area contributed by atoms with Crippen molar-refractivity contribution in [3.8, 4) is 0 Å². The number of nitrogens with one attached hydrogen (secondary N) is 3. The van der Waals surface area contributed by atoms with E-state index in [9.17, 15) is 28.9 Å². The third-order valence-electron chi connectivity index (χ3n) is 7.07. The van der Waals surface area contributed by atoms with Gasteiger partial charge in [-0.3, -0.25) is 24.5 Å². The summed E-state index contributed by atoms with van der Waals surface area (Å²) in [5.74, 6) is -1.89. The van der Waals surface area contributed by atoms with Gasteiger partial charge in [-0.2, -0.15) is 0 Å². The zero-order chi connectivity index (χ0) is 34.0.